The molecule has 3 heteroatoms. The van der Waals surface area contributed by atoms with Gasteiger partial charge in [0.2, 0.25) is 0 Å². The minimum absolute atomic E-state index is 0.622. The highest BCUT2D eigenvalue weighted by molar-refractivity contribution is 6.22. The molecular formula is C8H10FNSi. The first kappa shape index (κ1) is 8.42. The molecule has 58 valence electrons. The van der Waals surface area contributed by atoms with Crippen LogP contribution < -0.4 is 4.98 Å². The summed E-state index contributed by atoms with van der Waals surface area (Å²) in [5, 5.41) is 0. The molecule has 1 rings (SSSR count). The number of hydrogen-bond acceptors (Lipinski definition) is 1. The van der Waals surface area contributed by atoms with Crippen molar-refractivity contribution in [1.29, 1.82) is 0 Å². The summed E-state index contributed by atoms with van der Waals surface area (Å²) in [5.41, 5.74) is 2.35. The zero-order chi connectivity index (χ0) is 8.10. The molecular weight excluding hydrogens is 157 g/mol. The summed E-state index contributed by atoms with van der Waals surface area (Å²) in [6, 6.07) is 8.04. The van der Waals surface area contributed by atoms with Gasteiger partial charge in [0.1, 0.15) is 0 Å². The van der Waals surface area contributed by atoms with Gasteiger partial charge < -0.3 is 4.98 Å². The van der Waals surface area contributed by atoms with Gasteiger partial charge in [0.15, 0.2) is 0 Å². The van der Waals surface area contributed by atoms with Gasteiger partial charge >= 0.3 is 10.0 Å². The molecule has 0 amide bonds. The second kappa shape index (κ2) is 4.26. The van der Waals surface area contributed by atoms with Crippen molar-refractivity contribution in [3.8, 4) is 0 Å². The largest absolute Gasteiger partial charge is 0.397 e. The Morgan fingerprint density at radius 2 is 2.36 bits per heavy atom. The van der Waals surface area contributed by atoms with Gasteiger partial charge in [-0.05, 0) is 12.5 Å². The Morgan fingerprint density at radius 3 is 3.00 bits per heavy atom. The van der Waals surface area contributed by atoms with Crippen LogP contribution >= 0.6 is 0 Å². The van der Waals surface area contributed by atoms with Crippen LogP contribution in [0.4, 0.5) is 4.11 Å². The van der Waals surface area contributed by atoms with E-state index in [9.17, 15) is 4.11 Å². The van der Waals surface area contributed by atoms with Crippen molar-refractivity contribution in [3.05, 3.63) is 35.4 Å². The fourth-order valence-electron chi connectivity index (χ4n) is 0.958. The second-order valence-electron chi connectivity index (χ2n) is 2.44. The Kier molecular flexibility index (Phi) is 3.26. The number of nitrogens with one attached hydrogen (secondary N) is 1. The van der Waals surface area contributed by atoms with Crippen LogP contribution in [0, 0.1) is 6.92 Å². The Bertz CT molecular complexity index is 227. The first-order chi connectivity index (χ1) is 5.33. The third kappa shape index (κ3) is 2.82. The van der Waals surface area contributed by atoms with Crippen LogP contribution in [0.25, 0.3) is 0 Å². The Labute approximate surface area is 68.7 Å². The van der Waals surface area contributed by atoms with Gasteiger partial charge in [-0.25, -0.2) is 0 Å². The normalized spacial score (nSPS) is 10.0. The predicted octanol–water partition coefficient (Wildman–Crippen LogP) is 1.59. The zero-order valence-electron chi connectivity index (χ0n) is 6.39. The van der Waals surface area contributed by atoms with E-state index in [4.69, 9.17) is 0 Å². The smallest absolute Gasteiger partial charge is 0.307 e. The van der Waals surface area contributed by atoms with E-state index in [0.29, 0.717) is 6.54 Å². The molecule has 0 atom stereocenters. The summed E-state index contributed by atoms with van der Waals surface area (Å²) in [6.07, 6.45) is 0. The monoisotopic (exact) mass is 167 g/mol. The van der Waals surface area contributed by atoms with Crippen LogP contribution in [0.3, 0.4) is 0 Å². The summed E-state index contributed by atoms with van der Waals surface area (Å²) in [4.78, 5) is 2.65. The average molecular weight is 167 g/mol. The van der Waals surface area contributed by atoms with E-state index < -0.39 is 10.0 Å². The van der Waals surface area contributed by atoms with Crippen LogP contribution in [0.5, 0.6) is 0 Å². The minimum Gasteiger partial charge on any atom is -0.307 e. The first-order valence-corrected chi connectivity index (χ1v) is 4.35. The van der Waals surface area contributed by atoms with E-state index in [0.717, 1.165) is 5.56 Å². The van der Waals surface area contributed by atoms with Gasteiger partial charge in [-0.1, -0.05) is 29.8 Å². The molecule has 1 N–H and O–H groups in total. The first-order valence-electron chi connectivity index (χ1n) is 3.47. The van der Waals surface area contributed by atoms with Gasteiger partial charge in [0.05, 0.1) is 0 Å². The minimum atomic E-state index is -0.670. The van der Waals surface area contributed by atoms with E-state index in [1.807, 2.05) is 31.2 Å². The highest BCUT2D eigenvalue weighted by Gasteiger charge is 1.92. The molecule has 1 nitrogen and oxygen atoms in total. The molecule has 0 unspecified atom stereocenters. The Balaban J connectivity index is 2.56. The molecule has 0 saturated heterocycles. The highest BCUT2D eigenvalue weighted by atomic mass is 28.3. The van der Waals surface area contributed by atoms with Gasteiger partial charge in [-0.2, -0.15) is 0 Å². The zero-order valence-corrected chi connectivity index (χ0v) is 7.39. The summed E-state index contributed by atoms with van der Waals surface area (Å²) in [6.45, 7) is 2.65. The van der Waals surface area contributed by atoms with Crippen LogP contribution in [-0.4, -0.2) is 10.0 Å². The van der Waals surface area contributed by atoms with Crippen molar-refractivity contribution in [2.75, 3.05) is 0 Å². The molecule has 2 radical (unpaired) electrons. The number of benzene rings is 1. The molecule has 0 bridgehead atoms. The van der Waals surface area contributed by atoms with Crippen LogP contribution in [0.15, 0.2) is 24.3 Å². The third-order valence-corrected chi connectivity index (χ3v) is 1.75. The lowest BCUT2D eigenvalue weighted by Crippen LogP contribution is -2.14. The summed E-state index contributed by atoms with van der Waals surface area (Å²) in [7, 11) is -0.670. The van der Waals surface area contributed by atoms with Gasteiger partial charge in [0.25, 0.3) is 0 Å². The predicted molar refractivity (Wildman–Crippen MR) is 44.9 cm³/mol. The summed E-state index contributed by atoms with van der Waals surface area (Å²) < 4.78 is 11.7. The van der Waals surface area contributed by atoms with E-state index in [-0.39, 0.29) is 0 Å². The van der Waals surface area contributed by atoms with E-state index >= 15 is 0 Å². The summed E-state index contributed by atoms with van der Waals surface area (Å²) in [5.74, 6) is 0. The van der Waals surface area contributed by atoms with E-state index in [1.165, 1.54) is 5.56 Å². The molecule has 1 aromatic carbocycles. The standard InChI is InChI=1S/C8H10FNSi/c1-7-3-2-4-8(5-7)6-10-11-9/h2-5,10H,6H2,1H3. The van der Waals surface area contributed by atoms with E-state index in [1.54, 1.807) is 0 Å². The second-order valence-corrected chi connectivity index (χ2v) is 2.98. The third-order valence-electron chi connectivity index (χ3n) is 1.44. The molecule has 0 aliphatic carbocycles. The van der Waals surface area contributed by atoms with Crippen molar-refractivity contribution < 1.29 is 4.11 Å². The molecule has 0 fully saturated rings. The van der Waals surface area contributed by atoms with Crippen LogP contribution in [-0.2, 0) is 6.54 Å². The lowest BCUT2D eigenvalue weighted by Gasteiger charge is -1.99. The molecule has 0 aliphatic rings. The number of halogens is 1. The van der Waals surface area contributed by atoms with Crippen molar-refractivity contribution >= 4 is 10.0 Å². The van der Waals surface area contributed by atoms with E-state index in [2.05, 4.69) is 4.98 Å². The van der Waals surface area contributed by atoms with Crippen molar-refractivity contribution in [1.82, 2.24) is 4.98 Å². The lowest BCUT2D eigenvalue weighted by atomic mass is 10.1. The lowest BCUT2D eigenvalue weighted by molar-refractivity contribution is 0.794. The van der Waals surface area contributed by atoms with Crippen LogP contribution in [0.1, 0.15) is 11.1 Å². The maximum atomic E-state index is 11.7. The molecule has 0 aliphatic heterocycles. The maximum Gasteiger partial charge on any atom is 0.397 e. The van der Waals surface area contributed by atoms with Gasteiger partial charge in [-0.15, -0.1) is 0 Å². The van der Waals surface area contributed by atoms with Gasteiger partial charge in [0, 0.05) is 6.54 Å². The Morgan fingerprint density at radius 1 is 1.55 bits per heavy atom. The number of rotatable bonds is 3. The summed E-state index contributed by atoms with van der Waals surface area (Å²) >= 11 is 0. The molecule has 0 spiro atoms. The molecule has 11 heavy (non-hydrogen) atoms. The average Bonchev–Trinajstić information content (AvgIpc) is 2.01. The fourth-order valence-corrected chi connectivity index (χ4v) is 1.23. The Hall–Kier alpha value is -0.673. The maximum absolute atomic E-state index is 11.7. The number of aryl methyl sites for hydroxylation is 1. The van der Waals surface area contributed by atoms with Crippen molar-refractivity contribution in [2.24, 2.45) is 0 Å². The fraction of sp³-hybridized carbons (Fsp3) is 0.250. The van der Waals surface area contributed by atoms with Crippen LogP contribution in [0.2, 0.25) is 0 Å². The SMILES string of the molecule is Cc1cccc(CN[Si]F)c1. The van der Waals surface area contributed by atoms with Crippen molar-refractivity contribution in [2.45, 2.75) is 13.5 Å². The topological polar surface area (TPSA) is 12.0 Å². The molecule has 1 aromatic rings. The molecule has 0 heterocycles. The quantitative estimate of drug-likeness (QED) is 0.532. The highest BCUT2D eigenvalue weighted by Crippen LogP contribution is 2.02. The van der Waals surface area contributed by atoms with Gasteiger partial charge in [-0.3, -0.25) is 4.11 Å². The number of hydrogen-bond donors (Lipinski definition) is 1. The molecule has 0 aromatic heterocycles. The van der Waals surface area contributed by atoms with Crippen molar-refractivity contribution in [3.63, 3.8) is 0 Å². The molecule has 0 saturated carbocycles.